The number of amides is 2. The van der Waals surface area contributed by atoms with Gasteiger partial charge in [-0.05, 0) is 51.3 Å². The molecule has 0 fully saturated rings. The molecule has 1 rings (SSSR count). The molecule has 6 nitrogen and oxygen atoms in total. The predicted molar refractivity (Wildman–Crippen MR) is 95.4 cm³/mol. The lowest BCUT2D eigenvalue weighted by Crippen LogP contribution is -2.39. The number of ether oxygens (including phenoxy) is 1. The zero-order valence-corrected chi connectivity index (χ0v) is 15.3. The Balaban J connectivity index is 2.24. The van der Waals surface area contributed by atoms with E-state index in [-0.39, 0.29) is 18.4 Å². The third-order valence-corrected chi connectivity index (χ3v) is 3.62. The molecule has 0 aliphatic carbocycles. The number of nitrogens with zero attached hydrogens (tertiary/aromatic N) is 2. The molecule has 0 heterocycles. The van der Waals surface area contributed by atoms with Crippen molar-refractivity contribution in [3.63, 3.8) is 0 Å². The van der Waals surface area contributed by atoms with Crippen LogP contribution >= 0.6 is 11.6 Å². The number of nitrogens with one attached hydrogen (secondary N) is 1. The van der Waals surface area contributed by atoms with E-state index in [2.05, 4.69) is 10.2 Å². The first-order valence-corrected chi connectivity index (χ1v) is 8.31. The number of hydrogen-bond acceptors (Lipinski definition) is 4. The van der Waals surface area contributed by atoms with Crippen LogP contribution in [0.2, 0.25) is 5.02 Å². The molecule has 0 bridgehead atoms. The first kappa shape index (κ1) is 20.3. The second-order valence-corrected chi connectivity index (χ2v) is 6.19. The molecule has 0 spiro atoms. The summed E-state index contributed by atoms with van der Waals surface area (Å²) in [6.07, 6.45) is 0.903. The lowest BCUT2D eigenvalue weighted by molar-refractivity contribution is -0.129. The topological polar surface area (TPSA) is 61.9 Å². The Kier molecular flexibility index (Phi) is 9.19. The summed E-state index contributed by atoms with van der Waals surface area (Å²) in [7, 11) is 4.00. The molecule has 0 aliphatic heterocycles. The Morgan fingerprint density at radius 2 is 1.79 bits per heavy atom. The van der Waals surface area contributed by atoms with Gasteiger partial charge in [-0.2, -0.15) is 0 Å². The predicted octanol–water partition coefficient (Wildman–Crippen LogP) is 1.64. The number of hydrogen-bond donors (Lipinski definition) is 1. The Labute approximate surface area is 148 Å². The fourth-order valence-corrected chi connectivity index (χ4v) is 2.19. The summed E-state index contributed by atoms with van der Waals surface area (Å²) in [6.45, 7) is 3.99. The van der Waals surface area contributed by atoms with Gasteiger partial charge in [-0.15, -0.1) is 0 Å². The average molecular weight is 356 g/mol. The van der Waals surface area contributed by atoms with Crippen molar-refractivity contribution in [2.45, 2.75) is 13.3 Å². The highest BCUT2D eigenvalue weighted by Crippen LogP contribution is 2.15. The van der Waals surface area contributed by atoms with Gasteiger partial charge in [0.2, 0.25) is 5.91 Å². The van der Waals surface area contributed by atoms with E-state index >= 15 is 0 Å². The zero-order valence-electron chi connectivity index (χ0n) is 14.5. The minimum Gasteiger partial charge on any atom is -0.484 e. The summed E-state index contributed by atoms with van der Waals surface area (Å²) >= 11 is 5.78. The smallest absolute Gasteiger partial charge is 0.258 e. The monoisotopic (exact) mass is 355 g/mol. The van der Waals surface area contributed by atoms with E-state index in [4.69, 9.17) is 16.3 Å². The molecule has 0 radical (unpaired) electrons. The highest BCUT2D eigenvalue weighted by molar-refractivity contribution is 6.30. The van der Waals surface area contributed by atoms with Crippen LogP contribution < -0.4 is 10.1 Å². The standard InChI is InChI=1S/C17H26ClN3O3/c1-14(22)21(11-4-10-20(2)3)12-9-19-17(23)13-24-16-7-5-15(18)6-8-16/h5-8H,4,9-13H2,1-3H3,(H,19,23). The Bertz CT molecular complexity index is 520. The first-order valence-electron chi connectivity index (χ1n) is 7.94. The molecule has 0 aromatic heterocycles. The van der Waals surface area contributed by atoms with Gasteiger partial charge in [0.15, 0.2) is 6.61 Å². The number of carbonyl (C=O) groups is 2. The Hall–Kier alpha value is -1.79. The third-order valence-electron chi connectivity index (χ3n) is 3.37. The SMILES string of the molecule is CC(=O)N(CCCN(C)C)CCNC(=O)COc1ccc(Cl)cc1. The quantitative estimate of drug-likeness (QED) is 0.693. The molecule has 1 N–H and O–H groups in total. The third kappa shape index (κ3) is 8.74. The van der Waals surface area contributed by atoms with Crippen LogP contribution in [0.1, 0.15) is 13.3 Å². The Morgan fingerprint density at radius 3 is 2.38 bits per heavy atom. The van der Waals surface area contributed by atoms with E-state index in [1.807, 2.05) is 14.1 Å². The van der Waals surface area contributed by atoms with Crippen LogP contribution in [0.15, 0.2) is 24.3 Å². The van der Waals surface area contributed by atoms with Gasteiger partial charge in [-0.1, -0.05) is 11.6 Å². The van der Waals surface area contributed by atoms with Gasteiger partial charge in [0.05, 0.1) is 0 Å². The summed E-state index contributed by atoms with van der Waals surface area (Å²) in [5.41, 5.74) is 0. The van der Waals surface area contributed by atoms with Crippen LogP contribution in [-0.2, 0) is 9.59 Å². The maximum atomic E-state index is 11.8. The fourth-order valence-electron chi connectivity index (χ4n) is 2.07. The van der Waals surface area contributed by atoms with Gasteiger partial charge in [-0.25, -0.2) is 0 Å². The zero-order chi connectivity index (χ0) is 17.9. The van der Waals surface area contributed by atoms with Crippen molar-refractivity contribution >= 4 is 23.4 Å². The summed E-state index contributed by atoms with van der Waals surface area (Å²) in [4.78, 5) is 27.2. The summed E-state index contributed by atoms with van der Waals surface area (Å²) < 4.78 is 5.36. The molecule has 7 heteroatoms. The fraction of sp³-hybridized carbons (Fsp3) is 0.529. The molecular formula is C17H26ClN3O3. The first-order chi connectivity index (χ1) is 11.4. The van der Waals surface area contributed by atoms with E-state index in [1.165, 1.54) is 0 Å². The Morgan fingerprint density at radius 1 is 1.12 bits per heavy atom. The molecular weight excluding hydrogens is 330 g/mol. The van der Waals surface area contributed by atoms with E-state index in [1.54, 1.807) is 36.1 Å². The molecule has 1 aromatic carbocycles. The second kappa shape index (κ2) is 10.9. The number of halogens is 1. The largest absolute Gasteiger partial charge is 0.484 e. The minimum atomic E-state index is -0.221. The molecule has 0 aliphatic rings. The molecule has 134 valence electrons. The molecule has 0 atom stereocenters. The summed E-state index contributed by atoms with van der Waals surface area (Å²) in [6, 6.07) is 6.82. The minimum absolute atomic E-state index is 0.0143. The van der Waals surface area contributed by atoms with Gasteiger partial charge in [0.25, 0.3) is 5.91 Å². The summed E-state index contributed by atoms with van der Waals surface area (Å²) in [5, 5.41) is 3.37. The van der Waals surface area contributed by atoms with Crippen LogP contribution in [0.25, 0.3) is 0 Å². The van der Waals surface area contributed by atoms with Gasteiger partial charge >= 0.3 is 0 Å². The number of benzene rings is 1. The van der Waals surface area contributed by atoms with E-state index < -0.39 is 0 Å². The molecule has 0 saturated heterocycles. The molecule has 1 aromatic rings. The van der Waals surface area contributed by atoms with Crippen molar-refractivity contribution in [2.24, 2.45) is 0 Å². The van der Waals surface area contributed by atoms with E-state index in [0.717, 1.165) is 13.0 Å². The van der Waals surface area contributed by atoms with Crippen molar-refractivity contribution in [3.8, 4) is 5.75 Å². The van der Waals surface area contributed by atoms with Crippen molar-refractivity contribution in [1.82, 2.24) is 15.1 Å². The van der Waals surface area contributed by atoms with Gasteiger partial charge in [0.1, 0.15) is 5.75 Å². The lowest BCUT2D eigenvalue weighted by Gasteiger charge is -2.22. The number of rotatable bonds is 10. The maximum Gasteiger partial charge on any atom is 0.258 e. The molecule has 0 unspecified atom stereocenters. The average Bonchev–Trinajstić information content (AvgIpc) is 2.52. The second-order valence-electron chi connectivity index (χ2n) is 5.76. The van der Waals surface area contributed by atoms with Crippen molar-refractivity contribution in [3.05, 3.63) is 29.3 Å². The van der Waals surface area contributed by atoms with Crippen LogP contribution in [0.5, 0.6) is 5.75 Å². The van der Waals surface area contributed by atoms with Gasteiger partial charge in [0, 0.05) is 31.6 Å². The van der Waals surface area contributed by atoms with E-state index in [9.17, 15) is 9.59 Å². The highest BCUT2D eigenvalue weighted by Gasteiger charge is 2.09. The van der Waals surface area contributed by atoms with Gasteiger partial charge in [-0.3, -0.25) is 9.59 Å². The molecule has 24 heavy (non-hydrogen) atoms. The number of carbonyl (C=O) groups excluding carboxylic acids is 2. The summed E-state index contributed by atoms with van der Waals surface area (Å²) in [5.74, 6) is 0.380. The van der Waals surface area contributed by atoms with Crippen molar-refractivity contribution < 1.29 is 14.3 Å². The van der Waals surface area contributed by atoms with Crippen molar-refractivity contribution in [1.29, 1.82) is 0 Å². The normalized spacial score (nSPS) is 10.5. The molecule has 2 amide bonds. The van der Waals surface area contributed by atoms with Crippen LogP contribution in [0.4, 0.5) is 0 Å². The highest BCUT2D eigenvalue weighted by atomic mass is 35.5. The van der Waals surface area contributed by atoms with Crippen LogP contribution in [0, 0.1) is 0 Å². The van der Waals surface area contributed by atoms with Crippen LogP contribution in [0.3, 0.4) is 0 Å². The molecule has 0 saturated carbocycles. The van der Waals surface area contributed by atoms with Crippen molar-refractivity contribution in [2.75, 3.05) is 46.9 Å². The maximum absolute atomic E-state index is 11.8. The van der Waals surface area contributed by atoms with Gasteiger partial charge < -0.3 is 19.9 Å². The van der Waals surface area contributed by atoms with E-state index in [0.29, 0.717) is 30.4 Å². The lowest BCUT2D eigenvalue weighted by atomic mass is 10.3. The van der Waals surface area contributed by atoms with Crippen LogP contribution in [-0.4, -0.2) is 68.5 Å².